The van der Waals surface area contributed by atoms with E-state index < -0.39 is 17.0 Å². The number of amides is 1. The highest BCUT2D eigenvalue weighted by Crippen LogP contribution is 2.28. The number of carbonyl (C=O) groups is 1. The van der Waals surface area contributed by atoms with E-state index in [0.29, 0.717) is 5.92 Å². The number of rotatable bonds is 4. The summed E-state index contributed by atoms with van der Waals surface area (Å²) in [6.07, 6.45) is 3.70. The Balaban J connectivity index is 2.49. The molecular weight excluding hydrogens is 312 g/mol. The van der Waals surface area contributed by atoms with Gasteiger partial charge in [-0.3, -0.25) is 0 Å². The van der Waals surface area contributed by atoms with Crippen molar-refractivity contribution in [3.63, 3.8) is 0 Å². The second-order valence-corrected chi connectivity index (χ2v) is 10.6. The van der Waals surface area contributed by atoms with E-state index in [9.17, 15) is 9.35 Å². The minimum absolute atomic E-state index is 0.135. The fourth-order valence-corrected chi connectivity index (χ4v) is 3.61. The molecular formula is C17H34N2O3S. The van der Waals surface area contributed by atoms with E-state index in [1.165, 1.54) is 0 Å². The molecule has 1 saturated carbocycles. The van der Waals surface area contributed by atoms with Crippen molar-refractivity contribution in [3.05, 3.63) is 0 Å². The third-order valence-electron chi connectivity index (χ3n) is 3.99. The van der Waals surface area contributed by atoms with Crippen LogP contribution >= 0.6 is 0 Å². The van der Waals surface area contributed by atoms with Gasteiger partial charge in [-0.05, 0) is 73.6 Å². The molecule has 0 unspecified atom stereocenters. The van der Waals surface area contributed by atoms with E-state index in [1.807, 2.05) is 41.5 Å². The summed E-state index contributed by atoms with van der Waals surface area (Å²) in [5.74, 6) is 0.412. The monoisotopic (exact) mass is 346 g/mol. The highest BCUT2D eigenvalue weighted by atomic mass is 32.2. The maximum absolute atomic E-state index is 12.2. The van der Waals surface area contributed by atoms with Crippen molar-refractivity contribution in [1.29, 1.82) is 0 Å². The molecule has 136 valence electrons. The first-order valence-corrected chi connectivity index (χ1v) is 9.71. The number of nitrogens with one attached hydrogen (secondary N) is 2. The summed E-state index contributed by atoms with van der Waals surface area (Å²) >= 11 is -1.07. The summed E-state index contributed by atoms with van der Waals surface area (Å²) in [6.45, 7) is 13.6. The summed E-state index contributed by atoms with van der Waals surface area (Å²) in [6, 6.07) is 0.300. The molecule has 1 amide bonds. The van der Waals surface area contributed by atoms with Gasteiger partial charge in [-0.25, -0.2) is 4.79 Å². The van der Waals surface area contributed by atoms with Crippen molar-refractivity contribution in [3.8, 4) is 0 Å². The van der Waals surface area contributed by atoms with Crippen molar-refractivity contribution < 1.29 is 14.1 Å². The molecule has 1 aliphatic carbocycles. The molecule has 0 radical (unpaired) electrons. The number of ether oxygens (including phenoxy) is 1. The van der Waals surface area contributed by atoms with Gasteiger partial charge in [0.15, 0.2) is 0 Å². The average Bonchev–Trinajstić information content (AvgIpc) is 2.35. The molecule has 5 nitrogen and oxygen atoms in total. The van der Waals surface area contributed by atoms with E-state index in [1.54, 1.807) is 0 Å². The summed E-state index contributed by atoms with van der Waals surface area (Å²) in [5, 5.41) is 2.98. The number of hydrogen-bond acceptors (Lipinski definition) is 4. The zero-order valence-corrected chi connectivity index (χ0v) is 16.5. The smallest absolute Gasteiger partial charge is 0.407 e. The van der Waals surface area contributed by atoms with Crippen LogP contribution in [0.1, 0.15) is 74.1 Å². The maximum Gasteiger partial charge on any atom is 0.407 e. The SMILES string of the molecule is C[C@H](N[S@@+]([O-])C(C)(C)C)[C@H]1CCC[C@@H](NC(=O)OC(C)(C)C)C1. The zero-order chi connectivity index (χ0) is 17.8. The predicted octanol–water partition coefficient (Wildman–Crippen LogP) is 3.51. The molecule has 0 aromatic rings. The van der Waals surface area contributed by atoms with Gasteiger partial charge < -0.3 is 14.6 Å². The van der Waals surface area contributed by atoms with Gasteiger partial charge in [-0.1, -0.05) is 6.42 Å². The highest BCUT2D eigenvalue weighted by molar-refractivity contribution is 7.90. The van der Waals surface area contributed by atoms with Gasteiger partial charge in [0.25, 0.3) is 0 Å². The molecule has 0 aromatic carbocycles. The van der Waals surface area contributed by atoms with Crippen molar-refractivity contribution in [2.75, 3.05) is 0 Å². The van der Waals surface area contributed by atoms with Crippen LogP contribution in [-0.2, 0) is 16.1 Å². The van der Waals surface area contributed by atoms with Gasteiger partial charge in [0.05, 0.1) is 6.04 Å². The Kier molecular flexibility index (Phi) is 7.23. The topological polar surface area (TPSA) is 73.4 Å². The number of hydrogen-bond donors (Lipinski definition) is 2. The zero-order valence-electron chi connectivity index (χ0n) is 15.7. The first kappa shape index (κ1) is 20.6. The molecule has 0 aromatic heterocycles. The minimum Gasteiger partial charge on any atom is -0.598 e. The first-order valence-electron chi connectivity index (χ1n) is 8.56. The maximum atomic E-state index is 12.2. The quantitative estimate of drug-likeness (QED) is 0.764. The summed E-state index contributed by atoms with van der Waals surface area (Å²) < 4.78 is 20.5. The summed E-state index contributed by atoms with van der Waals surface area (Å²) in [5.41, 5.74) is -0.476. The van der Waals surface area contributed by atoms with Gasteiger partial charge in [0.1, 0.15) is 10.3 Å². The van der Waals surface area contributed by atoms with Gasteiger partial charge in [0, 0.05) is 17.4 Å². The van der Waals surface area contributed by atoms with Crippen molar-refractivity contribution in [2.24, 2.45) is 5.92 Å². The van der Waals surface area contributed by atoms with Crippen molar-refractivity contribution in [1.82, 2.24) is 10.0 Å². The van der Waals surface area contributed by atoms with Crippen LogP contribution in [0.5, 0.6) is 0 Å². The Labute approximate surface area is 144 Å². The Bertz CT molecular complexity index is 390. The lowest BCUT2D eigenvalue weighted by molar-refractivity contribution is 0.0481. The lowest BCUT2D eigenvalue weighted by Gasteiger charge is -2.35. The van der Waals surface area contributed by atoms with Gasteiger partial charge in [-0.15, -0.1) is 4.72 Å². The Morgan fingerprint density at radius 3 is 2.35 bits per heavy atom. The van der Waals surface area contributed by atoms with Crippen molar-refractivity contribution in [2.45, 2.75) is 96.6 Å². The fourth-order valence-electron chi connectivity index (χ4n) is 2.73. The largest absolute Gasteiger partial charge is 0.598 e. The lowest BCUT2D eigenvalue weighted by atomic mass is 9.82. The van der Waals surface area contributed by atoms with Crippen LogP contribution in [0.25, 0.3) is 0 Å². The Hall–Kier alpha value is -0.460. The van der Waals surface area contributed by atoms with Crippen LogP contribution < -0.4 is 10.0 Å². The first-order chi connectivity index (χ1) is 10.4. The molecule has 0 spiro atoms. The molecule has 1 fully saturated rings. The molecule has 23 heavy (non-hydrogen) atoms. The van der Waals surface area contributed by atoms with Crippen LogP contribution in [0.15, 0.2) is 0 Å². The molecule has 0 saturated heterocycles. The molecule has 1 aliphatic rings. The van der Waals surface area contributed by atoms with Gasteiger partial charge in [0.2, 0.25) is 0 Å². The fraction of sp³-hybridized carbons (Fsp3) is 0.941. The predicted molar refractivity (Wildman–Crippen MR) is 95.6 cm³/mol. The molecule has 0 bridgehead atoms. The number of alkyl carbamates (subject to hydrolysis) is 1. The molecule has 1 rings (SSSR count). The second-order valence-electron chi connectivity index (χ2n) is 8.56. The minimum atomic E-state index is -1.07. The number of carbonyl (C=O) groups excluding carboxylic acids is 1. The van der Waals surface area contributed by atoms with E-state index in [4.69, 9.17) is 4.74 Å². The van der Waals surface area contributed by atoms with E-state index in [0.717, 1.165) is 25.7 Å². The normalized spacial score (nSPS) is 25.6. The third-order valence-corrected chi connectivity index (χ3v) is 5.69. The Morgan fingerprint density at radius 2 is 1.83 bits per heavy atom. The van der Waals surface area contributed by atoms with Crippen LogP contribution in [0.3, 0.4) is 0 Å². The van der Waals surface area contributed by atoms with E-state index in [-0.39, 0.29) is 22.9 Å². The van der Waals surface area contributed by atoms with Crippen LogP contribution in [0.2, 0.25) is 0 Å². The van der Waals surface area contributed by atoms with E-state index in [2.05, 4.69) is 17.0 Å². The van der Waals surface area contributed by atoms with E-state index >= 15 is 0 Å². The Morgan fingerprint density at radius 1 is 1.22 bits per heavy atom. The van der Waals surface area contributed by atoms with Crippen LogP contribution in [0.4, 0.5) is 4.79 Å². The molecule has 0 aliphatic heterocycles. The van der Waals surface area contributed by atoms with Crippen molar-refractivity contribution >= 4 is 17.5 Å². The van der Waals surface area contributed by atoms with Crippen LogP contribution in [-0.4, -0.2) is 33.1 Å². The third kappa shape index (κ3) is 7.77. The molecule has 4 atom stereocenters. The molecule has 2 N–H and O–H groups in total. The average molecular weight is 347 g/mol. The second kappa shape index (κ2) is 8.08. The lowest BCUT2D eigenvalue weighted by Crippen LogP contribution is -2.49. The molecule has 6 heteroatoms. The molecule has 0 heterocycles. The van der Waals surface area contributed by atoms with Crippen LogP contribution in [0, 0.1) is 5.92 Å². The van der Waals surface area contributed by atoms with Gasteiger partial charge >= 0.3 is 6.09 Å². The summed E-state index contributed by atoms with van der Waals surface area (Å²) in [7, 11) is 0. The summed E-state index contributed by atoms with van der Waals surface area (Å²) in [4.78, 5) is 11.9. The highest BCUT2D eigenvalue weighted by Gasteiger charge is 2.33. The standard InChI is InChI=1S/C17H34N2O3S/c1-12(19-23(21)17(5,6)7)13-9-8-10-14(11-13)18-15(20)22-16(2,3)4/h12-14,19H,8-11H2,1-7H3,(H,18,20)/t12-,13-,14+,23-/m0/s1. The van der Waals surface area contributed by atoms with Gasteiger partial charge in [-0.2, -0.15) is 0 Å².